The fraction of sp³-hybridized carbons (Fsp3) is 0.375. The molecule has 0 saturated carbocycles. The lowest BCUT2D eigenvalue weighted by Crippen LogP contribution is -2.48. The van der Waals surface area contributed by atoms with E-state index in [1.54, 1.807) is 22.0 Å². The van der Waals surface area contributed by atoms with Crippen molar-refractivity contribution in [3.8, 4) is 0 Å². The van der Waals surface area contributed by atoms with E-state index in [1.807, 2.05) is 17.9 Å². The third-order valence-electron chi connectivity index (χ3n) is 4.27. The smallest absolute Gasteiger partial charge is 0.293 e. The Labute approximate surface area is 143 Å². The van der Waals surface area contributed by atoms with Crippen LogP contribution < -0.4 is 0 Å². The van der Waals surface area contributed by atoms with Crippen LogP contribution in [0.4, 0.5) is 0 Å². The Morgan fingerprint density at radius 1 is 1.25 bits per heavy atom. The maximum Gasteiger partial charge on any atom is 0.293 e. The topological polar surface area (TPSA) is 66.6 Å². The zero-order valence-electron chi connectivity index (χ0n) is 13.4. The van der Waals surface area contributed by atoms with Crippen LogP contribution in [0.5, 0.6) is 0 Å². The average molecular weight is 342 g/mol. The number of thiophene rings is 1. The third-order valence-corrected chi connectivity index (χ3v) is 5.00. The summed E-state index contributed by atoms with van der Waals surface area (Å²) in [6, 6.07) is 4.00. The largest absolute Gasteiger partial charge is 0.333 e. The molecule has 0 atom stereocenters. The summed E-state index contributed by atoms with van der Waals surface area (Å²) in [6.07, 6.45) is 1.68. The van der Waals surface area contributed by atoms with E-state index < -0.39 is 0 Å². The van der Waals surface area contributed by atoms with Gasteiger partial charge in [-0.05, 0) is 35.4 Å². The molecule has 0 radical (unpaired) electrons. The van der Waals surface area contributed by atoms with Crippen molar-refractivity contribution in [1.29, 1.82) is 0 Å². The molecule has 3 aromatic heterocycles. The van der Waals surface area contributed by atoms with Crippen LogP contribution >= 0.6 is 11.3 Å². The molecule has 1 aliphatic heterocycles. The normalized spacial score (nSPS) is 16.0. The average Bonchev–Trinajstić information content (AvgIpc) is 3.25. The van der Waals surface area contributed by atoms with Gasteiger partial charge in [0, 0.05) is 44.6 Å². The molecule has 0 N–H and O–H groups in total. The molecule has 0 unspecified atom stereocenters. The Kier molecular flexibility index (Phi) is 3.99. The number of fused-ring (bicyclic) bond motifs is 1. The first-order valence-electron chi connectivity index (χ1n) is 7.92. The lowest BCUT2D eigenvalue weighted by atomic mass is 10.2. The van der Waals surface area contributed by atoms with E-state index in [0.717, 1.165) is 25.3 Å². The number of rotatable bonds is 3. The Morgan fingerprint density at radius 2 is 2.08 bits per heavy atom. The van der Waals surface area contributed by atoms with Gasteiger partial charge in [-0.15, -0.1) is 5.10 Å². The first-order valence-corrected chi connectivity index (χ1v) is 8.86. The fourth-order valence-corrected chi connectivity index (χ4v) is 3.55. The predicted molar refractivity (Wildman–Crippen MR) is 91.0 cm³/mol. The number of hydrogen-bond acceptors (Lipinski definition) is 6. The summed E-state index contributed by atoms with van der Waals surface area (Å²) in [7, 11) is 0. The molecule has 4 heterocycles. The second-order valence-corrected chi connectivity index (χ2v) is 6.71. The second-order valence-electron chi connectivity index (χ2n) is 5.93. The van der Waals surface area contributed by atoms with Gasteiger partial charge in [0.25, 0.3) is 11.7 Å². The number of piperazine rings is 1. The van der Waals surface area contributed by atoms with Crippen LogP contribution in [0.25, 0.3) is 5.78 Å². The van der Waals surface area contributed by atoms with E-state index in [9.17, 15) is 4.79 Å². The summed E-state index contributed by atoms with van der Waals surface area (Å²) in [6.45, 7) is 6.00. The summed E-state index contributed by atoms with van der Waals surface area (Å²) in [4.78, 5) is 25.3. The number of amides is 1. The number of aromatic nitrogens is 4. The third kappa shape index (κ3) is 2.90. The Balaban J connectivity index is 1.42. The number of nitrogens with zero attached hydrogens (tertiary/aromatic N) is 6. The number of carbonyl (C=O) groups excluding carboxylic acids is 1. The van der Waals surface area contributed by atoms with Crippen molar-refractivity contribution in [3.63, 3.8) is 0 Å². The molecular formula is C16H18N6OS. The summed E-state index contributed by atoms with van der Waals surface area (Å²) in [5, 5.41) is 8.58. The van der Waals surface area contributed by atoms with Crippen LogP contribution in [0, 0.1) is 6.92 Å². The molecule has 4 rings (SSSR count). The van der Waals surface area contributed by atoms with Crippen molar-refractivity contribution in [2.45, 2.75) is 13.5 Å². The Hall–Kier alpha value is -2.32. The highest BCUT2D eigenvalue weighted by molar-refractivity contribution is 7.07. The van der Waals surface area contributed by atoms with Crippen molar-refractivity contribution >= 4 is 23.0 Å². The predicted octanol–water partition coefficient (Wildman–Crippen LogP) is 1.45. The molecule has 0 aliphatic carbocycles. The van der Waals surface area contributed by atoms with Crippen LogP contribution in [0.2, 0.25) is 0 Å². The molecular weight excluding hydrogens is 324 g/mol. The van der Waals surface area contributed by atoms with Crippen molar-refractivity contribution in [2.75, 3.05) is 26.2 Å². The lowest BCUT2D eigenvalue weighted by molar-refractivity contribution is 0.0617. The van der Waals surface area contributed by atoms with Crippen LogP contribution in [0.1, 0.15) is 21.9 Å². The van der Waals surface area contributed by atoms with Gasteiger partial charge in [-0.25, -0.2) is 9.50 Å². The van der Waals surface area contributed by atoms with Gasteiger partial charge in [0.05, 0.1) is 0 Å². The maximum absolute atomic E-state index is 12.6. The standard InChI is InChI=1S/C16H18N6OS/c1-12-2-4-17-16-18-14(19-22(12)16)15(23)21-7-5-20(6-8-21)10-13-3-9-24-11-13/h2-4,9,11H,5-8,10H2,1H3. The first-order chi connectivity index (χ1) is 11.7. The molecule has 0 bridgehead atoms. The molecule has 8 heteroatoms. The highest BCUT2D eigenvalue weighted by Crippen LogP contribution is 2.13. The van der Waals surface area contributed by atoms with E-state index >= 15 is 0 Å². The minimum absolute atomic E-state index is 0.116. The van der Waals surface area contributed by atoms with E-state index in [1.165, 1.54) is 5.56 Å². The molecule has 0 aromatic carbocycles. The molecule has 1 amide bonds. The van der Waals surface area contributed by atoms with E-state index in [0.29, 0.717) is 18.9 Å². The van der Waals surface area contributed by atoms with Gasteiger partial charge in [-0.2, -0.15) is 16.3 Å². The van der Waals surface area contributed by atoms with Crippen LogP contribution in [-0.2, 0) is 6.54 Å². The summed E-state index contributed by atoms with van der Waals surface area (Å²) in [5.41, 5.74) is 2.25. The summed E-state index contributed by atoms with van der Waals surface area (Å²) in [5.74, 6) is 0.576. The first kappa shape index (κ1) is 15.2. The van der Waals surface area contributed by atoms with Gasteiger partial charge in [-0.3, -0.25) is 9.69 Å². The van der Waals surface area contributed by atoms with Gasteiger partial charge in [0.2, 0.25) is 5.82 Å². The summed E-state index contributed by atoms with van der Waals surface area (Å²) >= 11 is 1.72. The number of aryl methyl sites for hydroxylation is 1. The molecule has 1 saturated heterocycles. The fourth-order valence-electron chi connectivity index (χ4n) is 2.89. The van der Waals surface area contributed by atoms with E-state index in [2.05, 4.69) is 36.8 Å². The molecule has 1 aliphatic rings. The maximum atomic E-state index is 12.6. The van der Waals surface area contributed by atoms with E-state index in [4.69, 9.17) is 0 Å². The molecule has 24 heavy (non-hydrogen) atoms. The molecule has 1 fully saturated rings. The molecule has 0 spiro atoms. The van der Waals surface area contributed by atoms with Crippen molar-refractivity contribution < 1.29 is 4.79 Å². The van der Waals surface area contributed by atoms with Gasteiger partial charge < -0.3 is 4.90 Å². The Morgan fingerprint density at radius 3 is 2.79 bits per heavy atom. The minimum Gasteiger partial charge on any atom is -0.333 e. The molecule has 7 nitrogen and oxygen atoms in total. The molecule has 3 aromatic rings. The van der Waals surface area contributed by atoms with Gasteiger partial charge in [0.1, 0.15) is 0 Å². The lowest BCUT2D eigenvalue weighted by Gasteiger charge is -2.33. The van der Waals surface area contributed by atoms with Crippen molar-refractivity contribution in [2.24, 2.45) is 0 Å². The van der Waals surface area contributed by atoms with Crippen LogP contribution in [0.3, 0.4) is 0 Å². The number of carbonyl (C=O) groups is 1. The van der Waals surface area contributed by atoms with E-state index in [-0.39, 0.29) is 11.7 Å². The highest BCUT2D eigenvalue weighted by Gasteiger charge is 2.25. The summed E-state index contributed by atoms with van der Waals surface area (Å²) < 4.78 is 1.61. The Bertz CT molecular complexity index is 851. The second kappa shape index (κ2) is 6.29. The van der Waals surface area contributed by atoms with Gasteiger partial charge >= 0.3 is 0 Å². The van der Waals surface area contributed by atoms with Gasteiger partial charge in [-0.1, -0.05) is 0 Å². The van der Waals surface area contributed by atoms with Gasteiger partial charge in [0.15, 0.2) is 0 Å². The SMILES string of the molecule is Cc1ccnc2nc(C(=O)N3CCN(Cc4ccsc4)CC3)nn12. The monoisotopic (exact) mass is 342 g/mol. The van der Waals surface area contributed by atoms with Crippen molar-refractivity contribution in [1.82, 2.24) is 29.4 Å². The van der Waals surface area contributed by atoms with Crippen LogP contribution in [0.15, 0.2) is 29.1 Å². The van der Waals surface area contributed by atoms with Crippen molar-refractivity contribution in [3.05, 3.63) is 46.2 Å². The highest BCUT2D eigenvalue weighted by atomic mass is 32.1. The quantitative estimate of drug-likeness (QED) is 0.721. The zero-order chi connectivity index (χ0) is 16.5. The molecule has 124 valence electrons. The van der Waals surface area contributed by atoms with Crippen LogP contribution in [-0.4, -0.2) is 61.5 Å². The minimum atomic E-state index is -0.116. The zero-order valence-corrected chi connectivity index (χ0v) is 14.2. The number of hydrogen-bond donors (Lipinski definition) is 0.